The Morgan fingerprint density at radius 3 is 2.30 bits per heavy atom. The molecular formula is C29H29NO6S. The van der Waals surface area contributed by atoms with Crippen LogP contribution in [-0.2, 0) is 14.8 Å². The normalized spacial score (nSPS) is 12.6. The highest BCUT2D eigenvalue weighted by atomic mass is 32.2. The Labute approximate surface area is 216 Å². The molecule has 1 N–H and O–H groups in total. The maximum atomic E-state index is 13.2. The Hall–Kier alpha value is -3.75. The van der Waals surface area contributed by atoms with Gasteiger partial charge in [0.2, 0.25) is 10.0 Å². The number of esters is 1. The molecule has 192 valence electrons. The molecule has 0 aliphatic heterocycles. The Morgan fingerprint density at radius 1 is 0.973 bits per heavy atom. The van der Waals surface area contributed by atoms with Gasteiger partial charge in [-0.25, -0.2) is 18.0 Å². The van der Waals surface area contributed by atoms with Crippen molar-refractivity contribution in [2.75, 3.05) is 0 Å². The van der Waals surface area contributed by atoms with Crippen molar-refractivity contribution < 1.29 is 22.4 Å². The number of ether oxygens (including phenoxy) is 1. The van der Waals surface area contributed by atoms with Crippen molar-refractivity contribution in [3.8, 4) is 16.9 Å². The Balaban J connectivity index is 1.66. The fraction of sp³-hybridized carbons (Fsp3) is 0.241. The first-order valence-electron chi connectivity index (χ1n) is 12.0. The van der Waals surface area contributed by atoms with E-state index in [1.165, 1.54) is 18.2 Å². The third-order valence-electron chi connectivity index (χ3n) is 6.03. The van der Waals surface area contributed by atoms with Gasteiger partial charge >= 0.3 is 11.6 Å². The summed E-state index contributed by atoms with van der Waals surface area (Å²) >= 11 is 0. The lowest BCUT2D eigenvalue weighted by atomic mass is 10.00. The monoisotopic (exact) mass is 519 g/mol. The highest BCUT2D eigenvalue weighted by Gasteiger charge is 2.29. The van der Waals surface area contributed by atoms with Gasteiger partial charge in [-0.2, -0.15) is 4.72 Å². The summed E-state index contributed by atoms with van der Waals surface area (Å²) in [5, 5.41) is 0.696. The van der Waals surface area contributed by atoms with E-state index < -0.39 is 27.7 Å². The van der Waals surface area contributed by atoms with Crippen molar-refractivity contribution in [3.05, 3.63) is 94.3 Å². The standard InChI is InChI=1S/C29H29NO6S/c1-18(2)16-25(30-37(33,34)22-12-10-19(3)11-13-22)29(32)35-26-15-14-23-24(21-8-6-5-7-9-21)17-27(31)36-28(23)20(26)4/h5-15,17-18,25,30H,16H2,1-4H3/t25-/m0/s1. The summed E-state index contributed by atoms with van der Waals surface area (Å²) < 4.78 is 39.6. The fourth-order valence-electron chi connectivity index (χ4n) is 4.13. The number of carbonyl (C=O) groups excluding carboxylic acids is 1. The molecule has 1 atom stereocenters. The van der Waals surface area contributed by atoms with Crippen LogP contribution in [0.3, 0.4) is 0 Å². The van der Waals surface area contributed by atoms with Crippen LogP contribution in [0.15, 0.2) is 86.9 Å². The molecule has 4 aromatic rings. The molecule has 0 spiro atoms. The molecule has 0 saturated carbocycles. The van der Waals surface area contributed by atoms with E-state index in [1.807, 2.05) is 51.1 Å². The fourth-order valence-corrected chi connectivity index (χ4v) is 5.32. The van der Waals surface area contributed by atoms with Gasteiger partial charge in [0.15, 0.2) is 0 Å². The van der Waals surface area contributed by atoms with Crippen LogP contribution in [0.25, 0.3) is 22.1 Å². The molecule has 0 aliphatic rings. The van der Waals surface area contributed by atoms with Crippen molar-refractivity contribution >= 4 is 27.0 Å². The van der Waals surface area contributed by atoms with E-state index >= 15 is 0 Å². The highest BCUT2D eigenvalue weighted by Crippen LogP contribution is 2.33. The maximum Gasteiger partial charge on any atom is 0.336 e. The summed E-state index contributed by atoms with van der Waals surface area (Å²) in [6, 6.07) is 19.5. The zero-order valence-corrected chi connectivity index (χ0v) is 22.0. The molecular weight excluding hydrogens is 490 g/mol. The minimum absolute atomic E-state index is 0.0161. The molecule has 0 bridgehead atoms. The molecule has 37 heavy (non-hydrogen) atoms. The summed E-state index contributed by atoms with van der Waals surface area (Å²) in [4.78, 5) is 25.6. The van der Waals surface area contributed by atoms with Crippen molar-refractivity contribution in [2.45, 2.75) is 45.1 Å². The summed E-state index contributed by atoms with van der Waals surface area (Å²) in [6.45, 7) is 7.33. The third-order valence-corrected chi connectivity index (χ3v) is 7.51. The first-order chi connectivity index (χ1) is 17.5. The Kier molecular flexibility index (Phi) is 7.61. The van der Waals surface area contributed by atoms with E-state index in [2.05, 4.69) is 4.72 Å². The summed E-state index contributed by atoms with van der Waals surface area (Å²) in [6.07, 6.45) is 0.240. The van der Waals surface area contributed by atoms with Gasteiger partial charge in [0, 0.05) is 17.0 Å². The first kappa shape index (κ1) is 26.3. The maximum absolute atomic E-state index is 13.2. The number of nitrogens with one attached hydrogen (secondary N) is 1. The number of benzene rings is 3. The number of fused-ring (bicyclic) bond motifs is 1. The summed E-state index contributed by atoms with van der Waals surface area (Å²) in [7, 11) is -3.96. The van der Waals surface area contributed by atoms with Crippen LogP contribution in [-0.4, -0.2) is 20.4 Å². The van der Waals surface area contributed by atoms with Crippen molar-refractivity contribution in [1.29, 1.82) is 0 Å². The molecule has 0 unspecified atom stereocenters. The second-order valence-corrected chi connectivity index (χ2v) is 11.2. The van der Waals surface area contributed by atoms with E-state index in [0.717, 1.165) is 11.1 Å². The molecule has 4 rings (SSSR count). The quantitative estimate of drug-likeness (QED) is 0.191. The van der Waals surface area contributed by atoms with Crippen molar-refractivity contribution in [1.82, 2.24) is 4.72 Å². The van der Waals surface area contributed by atoms with Gasteiger partial charge in [-0.05, 0) is 61.6 Å². The second-order valence-electron chi connectivity index (χ2n) is 9.45. The number of hydrogen-bond donors (Lipinski definition) is 1. The summed E-state index contributed by atoms with van der Waals surface area (Å²) in [5.74, 6) is -0.537. The second kappa shape index (κ2) is 10.7. The molecule has 0 amide bonds. The molecule has 1 heterocycles. The van der Waals surface area contributed by atoms with Gasteiger partial charge in [0.05, 0.1) is 4.90 Å². The van der Waals surface area contributed by atoms with Crippen LogP contribution in [0.1, 0.15) is 31.4 Å². The van der Waals surface area contributed by atoms with Gasteiger partial charge in [0.1, 0.15) is 17.4 Å². The van der Waals surface area contributed by atoms with E-state index in [9.17, 15) is 18.0 Å². The first-order valence-corrected chi connectivity index (χ1v) is 13.5. The zero-order valence-electron chi connectivity index (χ0n) is 21.1. The van der Waals surface area contributed by atoms with E-state index in [0.29, 0.717) is 22.1 Å². The third kappa shape index (κ3) is 5.98. The number of carbonyl (C=O) groups is 1. The SMILES string of the molecule is Cc1ccc(S(=O)(=O)N[C@@H](CC(C)C)C(=O)Oc2ccc3c(-c4ccccc4)cc(=O)oc3c2C)cc1. The minimum atomic E-state index is -3.96. The molecule has 0 aliphatic carbocycles. The topological polar surface area (TPSA) is 103 Å². The number of sulfonamides is 1. The highest BCUT2D eigenvalue weighted by molar-refractivity contribution is 7.89. The number of aryl methyl sites for hydroxylation is 2. The predicted molar refractivity (Wildman–Crippen MR) is 143 cm³/mol. The lowest BCUT2D eigenvalue weighted by molar-refractivity contribution is -0.136. The molecule has 3 aromatic carbocycles. The van der Waals surface area contributed by atoms with Gasteiger partial charge in [0.25, 0.3) is 0 Å². The average molecular weight is 520 g/mol. The largest absolute Gasteiger partial charge is 0.425 e. The zero-order chi connectivity index (χ0) is 26.7. The van der Waals surface area contributed by atoms with Crippen LogP contribution in [0.4, 0.5) is 0 Å². The summed E-state index contributed by atoms with van der Waals surface area (Å²) in [5.41, 5.74) is 2.72. The smallest absolute Gasteiger partial charge is 0.336 e. The van der Waals surface area contributed by atoms with Gasteiger partial charge in [-0.1, -0.05) is 61.9 Å². The van der Waals surface area contributed by atoms with Crippen LogP contribution < -0.4 is 15.1 Å². The average Bonchev–Trinajstić information content (AvgIpc) is 2.85. The van der Waals surface area contributed by atoms with E-state index in [4.69, 9.17) is 9.15 Å². The van der Waals surface area contributed by atoms with Crippen molar-refractivity contribution in [3.63, 3.8) is 0 Å². The number of rotatable bonds is 8. The molecule has 0 saturated heterocycles. The van der Waals surface area contributed by atoms with Gasteiger partial charge in [-0.3, -0.25) is 0 Å². The van der Waals surface area contributed by atoms with Gasteiger partial charge < -0.3 is 9.15 Å². The minimum Gasteiger partial charge on any atom is -0.425 e. The molecule has 1 aromatic heterocycles. The Morgan fingerprint density at radius 2 is 1.65 bits per heavy atom. The molecule has 8 heteroatoms. The Bertz CT molecular complexity index is 1590. The van der Waals surface area contributed by atoms with Crippen LogP contribution in [0.2, 0.25) is 0 Å². The van der Waals surface area contributed by atoms with E-state index in [-0.39, 0.29) is 23.0 Å². The van der Waals surface area contributed by atoms with Crippen LogP contribution in [0.5, 0.6) is 5.75 Å². The van der Waals surface area contributed by atoms with Crippen molar-refractivity contribution in [2.24, 2.45) is 5.92 Å². The number of hydrogen-bond acceptors (Lipinski definition) is 6. The van der Waals surface area contributed by atoms with Gasteiger partial charge in [-0.15, -0.1) is 0 Å². The van der Waals surface area contributed by atoms with E-state index in [1.54, 1.807) is 31.2 Å². The molecule has 7 nitrogen and oxygen atoms in total. The lowest BCUT2D eigenvalue weighted by Gasteiger charge is -2.20. The lowest BCUT2D eigenvalue weighted by Crippen LogP contribution is -2.43. The van der Waals surface area contributed by atoms with Crippen LogP contribution >= 0.6 is 0 Å². The molecule has 0 fully saturated rings. The van der Waals surface area contributed by atoms with Crippen LogP contribution in [0, 0.1) is 19.8 Å². The molecule has 0 radical (unpaired) electrons. The predicted octanol–water partition coefficient (Wildman–Crippen LogP) is 5.38.